The molecule has 0 aliphatic carbocycles. The molecule has 0 atom stereocenters. The van der Waals surface area contributed by atoms with Gasteiger partial charge in [0.2, 0.25) is 0 Å². The van der Waals surface area contributed by atoms with E-state index in [1.807, 2.05) is 5.80 Å². The Morgan fingerprint density at radius 1 is 1.33 bits per heavy atom. The zero-order chi connectivity index (χ0) is 11.4. The molecule has 0 spiro atoms. The summed E-state index contributed by atoms with van der Waals surface area (Å²) in [5, 5.41) is 0. The third-order valence-corrected chi connectivity index (χ3v) is 3.32. The molecule has 1 heteroatoms. The first kappa shape index (κ1) is 12.2. The fraction of sp³-hybridized carbons (Fsp3) is 0.357. The van der Waals surface area contributed by atoms with Crippen molar-refractivity contribution in [1.29, 1.82) is 0 Å². The summed E-state index contributed by atoms with van der Waals surface area (Å²) in [6.45, 7) is 8.78. The first-order valence-corrected chi connectivity index (χ1v) is 5.95. The fourth-order valence-electron chi connectivity index (χ4n) is 1.69. The van der Waals surface area contributed by atoms with E-state index in [9.17, 15) is 0 Å². The van der Waals surface area contributed by atoms with Crippen LogP contribution in [0, 0.1) is 6.92 Å². The van der Waals surface area contributed by atoms with Gasteiger partial charge in [-0.05, 0) is 55.3 Å². The second kappa shape index (κ2) is 5.28. The van der Waals surface area contributed by atoms with Crippen LogP contribution in [0.4, 0.5) is 0 Å². The van der Waals surface area contributed by atoms with Crippen molar-refractivity contribution in [3.8, 4) is 0 Å². The van der Waals surface area contributed by atoms with Crippen LogP contribution < -0.4 is 0 Å². The van der Waals surface area contributed by atoms with Crippen molar-refractivity contribution in [3.05, 3.63) is 40.5 Å². The average molecular weight is 218 g/mol. The van der Waals surface area contributed by atoms with Gasteiger partial charge in [-0.15, -0.1) is 8.86 Å². The van der Waals surface area contributed by atoms with Crippen molar-refractivity contribution >= 4 is 20.2 Å². The van der Waals surface area contributed by atoms with Gasteiger partial charge in [-0.1, -0.05) is 30.7 Å². The van der Waals surface area contributed by atoms with Crippen molar-refractivity contribution < 1.29 is 0 Å². The first-order valence-electron chi connectivity index (χ1n) is 5.38. The van der Waals surface area contributed by atoms with Gasteiger partial charge in [-0.3, -0.25) is 0 Å². The molecule has 0 radical (unpaired) electrons. The molecule has 0 nitrogen and oxygen atoms in total. The maximum atomic E-state index is 3.41. The highest BCUT2D eigenvalue weighted by atomic mass is 31.0. The smallest absolute Gasteiger partial charge is 0.0198 e. The highest BCUT2D eigenvalue weighted by molar-refractivity contribution is 7.19. The SMILES string of the molecule is CC/C(C)=C(/C)c1ccc(C=P)cc1C. The number of aryl methyl sites for hydroxylation is 1. The van der Waals surface area contributed by atoms with E-state index in [0.29, 0.717) is 0 Å². The summed E-state index contributed by atoms with van der Waals surface area (Å²) in [6, 6.07) is 6.55. The predicted octanol–water partition coefficient (Wildman–Crippen LogP) is 4.49. The molecule has 0 N–H and O–H groups in total. The Morgan fingerprint density at radius 3 is 2.47 bits per heavy atom. The summed E-state index contributed by atoms with van der Waals surface area (Å²) in [6.07, 6.45) is 1.12. The van der Waals surface area contributed by atoms with Crippen LogP contribution in [-0.2, 0) is 0 Å². The van der Waals surface area contributed by atoms with Crippen LogP contribution in [0.2, 0.25) is 0 Å². The third-order valence-electron chi connectivity index (χ3n) is 2.99. The van der Waals surface area contributed by atoms with Crippen LogP contribution in [-0.4, -0.2) is 5.80 Å². The van der Waals surface area contributed by atoms with Crippen molar-refractivity contribution in [2.75, 3.05) is 0 Å². The molecule has 0 heterocycles. The van der Waals surface area contributed by atoms with Gasteiger partial charge >= 0.3 is 0 Å². The topological polar surface area (TPSA) is 0 Å². The number of benzene rings is 1. The highest BCUT2D eigenvalue weighted by Crippen LogP contribution is 2.23. The zero-order valence-electron chi connectivity index (χ0n) is 10.0. The molecule has 1 aromatic carbocycles. The molecule has 0 bridgehead atoms. The quantitative estimate of drug-likeness (QED) is 0.656. The van der Waals surface area contributed by atoms with Gasteiger partial charge in [0.05, 0.1) is 0 Å². The molecular formula is C14H19P. The summed E-state index contributed by atoms with van der Waals surface area (Å²) in [4.78, 5) is 0. The van der Waals surface area contributed by atoms with Gasteiger partial charge in [-0.25, -0.2) is 0 Å². The maximum Gasteiger partial charge on any atom is -0.0198 e. The predicted molar refractivity (Wildman–Crippen MR) is 73.2 cm³/mol. The molecule has 1 aromatic rings. The molecule has 0 amide bonds. The maximum absolute atomic E-state index is 3.41. The fourth-order valence-corrected chi connectivity index (χ4v) is 1.87. The van der Waals surface area contributed by atoms with Crippen LogP contribution >= 0.6 is 8.86 Å². The average Bonchev–Trinajstić information content (AvgIpc) is 2.26. The van der Waals surface area contributed by atoms with Crippen LogP contribution in [0.25, 0.3) is 5.57 Å². The van der Waals surface area contributed by atoms with E-state index in [4.69, 9.17) is 0 Å². The lowest BCUT2D eigenvalue weighted by Crippen LogP contribution is -1.91. The van der Waals surface area contributed by atoms with Crippen molar-refractivity contribution in [1.82, 2.24) is 0 Å². The Kier molecular flexibility index (Phi) is 4.29. The molecule has 1 rings (SSSR count). The van der Waals surface area contributed by atoms with E-state index in [0.717, 1.165) is 6.42 Å². The second-order valence-electron chi connectivity index (χ2n) is 3.98. The van der Waals surface area contributed by atoms with Gasteiger partial charge in [0.1, 0.15) is 0 Å². The minimum atomic E-state index is 1.12. The normalized spacial score (nSPS) is 12.3. The Morgan fingerprint density at radius 2 is 2.00 bits per heavy atom. The van der Waals surface area contributed by atoms with Crippen molar-refractivity contribution in [2.45, 2.75) is 34.1 Å². The lowest BCUT2D eigenvalue weighted by Gasteiger charge is -2.10. The van der Waals surface area contributed by atoms with Crippen LogP contribution in [0.3, 0.4) is 0 Å². The van der Waals surface area contributed by atoms with Gasteiger partial charge in [0.25, 0.3) is 0 Å². The largest absolute Gasteiger partial charge is 0.122 e. The molecule has 0 aromatic heterocycles. The molecule has 0 fully saturated rings. The summed E-state index contributed by atoms with van der Waals surface area (Å²) in [7, 11) is 3.41. The molecule has 0 saturated heterocycles. The molecule has 0 aliphatic heterocycles. The summed E-state index contributed by atoms with van der Waals surface area (Å²) in [5.74, 6) is 1.95. The Hall–Kier alpha value is -0.870. The second-order valence-corrected chi connectivity index (χ2v) is 4.27. The standard InChI is InChI=1S/C14H19P/c1-5-10(2)12(4)14-7-6-13(9-15)8-11(14)3/h6-9,15H,5H2,1-4H3/b12-10-. The molecule has 0 saturated carbocycles. The van der Waals surface area contributed by atoms with E-state index in [2.05, 4.69) is 54.8 Å². The molecule has 0 unspecified atom stereocenters. The van der Waals surface area contributed by atoms with Crippen molar-refractivity contribution in [3.63, 3.8) is 0 Å². The Labute approximate surface area is 95.2 Å². The van der Waals surface area contributed by atoms with E-state index in [-0.39, 0.29) is 0 Å². The van der Waals surface area contributed by atoms with Gasteiger partial charge in [0, 0.05) is 0 Å². The molecular weight excluding hydrogens is 199 g/mol. The number of rotatable bonds is 3. The first-order chi connectivity index (χ1) is 7.10. The van der Waals surface area contributed by atoms with Crippen LogP contribution in [0.1, 0.15) is 43.9 Å². The summed E-state index contributed by atoms with van der Waals surface area (Å²) >= 11 is 0. The monoisotopic (exact) mass is 218 g/mol. The molecule has 80 valence electrons. The lowest BCUT2D eigenvalue weighted by molar-refractivity contribution is 1.10. The highest BCUT2D eigenvalue weighted by Gasteiger charge is 2.03. The van der Waals surface area contributed by atoms with E-state index < -0.39 is 0 Å². The summed E-state index contributed by atoms with van der Waals surface area (Å²) < 4.78 is 0. The Bertz CT molecular complexity index is 400. The number of allylic oxidation sites excluding steroid dienone is 2. The van der Waals surface area contributed by atoms with Crippen molar-refractivity contribution in [2.24, 2.45) is 0 Å². The number of hydrogen-bond donors (Lipinski definition) is 0. The lowest BCUT2D eigenvalue weighted by atomic mass is 9.96. The molecule has 0 aliphatic rings. The van der Waals surface area contributed by atoms with E-state index in [1.54, 1.807) is 0 Å². The van der Waals surface area contributed by atoms with Gasteiger partial charge in [-0.2, -0.15) is 0 Å². The minimum absolute atomic E-state index is 1.12. The van der Waals surface area contributed by atoms with Gasteiger partial charge < -0.3 is 0 Å². The third kappa shape index (κ3) is 2.79. The zero-order valence-corrected chi connectivity index (χ0v) is 11.0. The van der Waals surface area contributed by atoms with Crippen LogP contribution in [0.5, 0.6) is 0 Å². The molecule has 15 heavy (non-hydrogen) atoms. The summed E-state index contributed by atoms with van der Waals surface area (Å²) in [5.41, 5.74) is 6.80. The minimum Gasteiger partial charge on any atom is -0.122 e. The van der Waals surface area contributed by atoms with Crippen LogP contribution in [0.15, 0.2) is 23.8 Å². The number of hydrogen-bond acceptors (Lipinski definition) is 0. The van der Waals surface area contributed by atoms with Gasteiger partial charge in [0.15, 0.2) is 0 Å². The van der Waals surface area contributed by atoms with E-state index >= 15 is 0 Å². The van der Waals surface area contributed by atoms with E-state index in [1.165, 1.54) is 27.8 Å². The Balaban J connectivity index is 3.22.